The number of nitrogens with zero attached hydrogens (tertiary/aromatic N) is 1. The van der Waals surface area contributed by atoms with Crippen LogP contribution in [0.3, 0.4) is 0 Å². The molecule has 1 heterocycles. The van der Waals surface area contributed by atoms with Crippen molar-refractivity contribution in [3.05, 3.63) is 36.0 Å². The minimum Gasteiger partial charge on any atom is -0.382 e. The Kier molecular flexibility index (Phi) is 6.65. The smallest absolute Gasteiger partial charge is 0.382 e. The molecule has 0 unspecified atom stereocenters. The summed E-state index contributed by atoms with van der Waals surface area (Å²) in [5.74, 6) is 0.586. The van der Waals surface area contributed by atoms with Crippen molar-refractivity contribution in [2.45, 2.75) is 70.6 Å². The molecule has 0 aliphatic heterocycles. The number of amides is 1. The molecule has 1 saturated carbocycles. The van der Waals surface area contributed by atoms with Gasteiger partial charge in [0.1, 0.15) is 5.69 Å². The van der Waals surface area contributed by atoms with E-state index in [4.69, 9.17) is 0 Å². The van der Waals surface area contributed by atoms with Crippen LogP contribution in [0.4, 0.5) is 18.9 Å². The Morgan fingerprint density at radius 2 is 1.79 bits per heavy atom. The zero-order chi connectivity index (χ0) is 21.0. The molecule has 2 aromatic rings. The second-order valence-electron chi connectivity index (χ2n) is 8.26. The Morgan fingerprint density at radius 1 is 1.14 bits per heavy atom. The number of carbonyl (C=O) groups is 1. The van der Waals surface area contributed by atoms with Crippen LogP contribution < -0.4 is 10.6 Å². The number of hydrogen-bond donors (Lipinski definition) is 2. The average Bonchev–Trinajstić information content (AvgIpc) is 2.67. The summed E-state index contributed by atoms with van der Waals surface area (Å²) in [6.07, 6.45) is 0.164. The highest BCUT2D eigenvalue weighted by atomic mass is 19.4. The van der Waals surface area contributed by atoms with E-state index >= 15 is 0 Å². The molecule has 29 heavy (non-hydrogen) atoms. The second kappa shape index (κ2) is 9.01. The molecule has 1 aromatic carbocycles. The van der Waals surface area contributed by atoms with Crippen molar-refractivity contribution >= 4 is 22.5 Å². The van der Waals surface area contributed by atoms with Gasteiger partial charge in [0.25, 0.3) is 0 Å². The Balaban J connectivity index is 1.63. The minimum atomic E-state index is -4.49. The lowest BCUT2D eigenvalue weighted by molar-refractivity contribution is -0.140. The van der Waals surface area contributed by atoms with Crippen LogP contribution in [0.2, 0.25) is 0 Å². The average molecular weight is 407 g/mol. The molecule has 0 saturated heterocycles. The van der Waals surface area contributed by atoms with Crippen LogP contribution in [-0.2, 0) is 11.0 Å². The van der Waals surface area contributed by atoms with Crippen LogP contribution in [0.15, 0.2) is 30.3 Å². The van der Waals surface area contributed by atoms with E-state index in [2.05, 4.69) is 29.5 Å². The van der Waals surface area contributed by atoms with E-state index in [1.165, 1.54) is 0 Å². The predicted molar refractivity (Wildman–Crippen MR) is 109 cm³/mol. The van der Waals surface area contributed by atoms with Crippen LogP contribution in [0.1, 0.15) is 58.1 Å². The van der Waals surface area contributed by atoms with E-state index in [9.17, 15) is 18.0 Å². The lowest BCUT2D eigenvalue weighted by Gasteiger charge is -2.31. The van der Waals surface area contributed by atoms with Crippen molar-refractivity contribution in [1.29, 1.82) is 0 Å². The number of carbonyl (C=O) groups excluding carboxylic acids is 1. The number of alkyl halides is 3. The van der Waals surface area contributed by atoms with Gasteiger partial charge in [-0.25, -0.2) is 4.98 Å². The van der Waals surface area contributed by atoms with Gasteiger partial charge in [-0.15, -0.1) is 0 Å². The number of fused-ring (bicyclic) bond motifs is 1. The molecule has 0 atom stereocenters. The van der Waals surface area contributed by atoms with E-state index in [1.54, 1.807) is 24.3 Å². The summed E-state index contributed by atoms with van der Waals surface area (Å²) in [4.78, 5) is 15.8. The number of anilines is 1. The molecule has 1 amide bonds. The Hall–Kier alpha value is -2.31. The molecule has 0 bridgehead atoms. The van der Waals surface area contributed by atoms with Crippen LogP contribution in [0.25, 0.3) is 10.9 Å². The highest BCUT2D eigenvalue weighted by molar-refractivity contribution is 5.91. The minimum absolute atomic E-state index is 0.0747. The monoisotopic (exact) mass is 407 g/mol. The fourth-order valence-corrected chi connectivity index (χ4v) is 3.76. The van der Waals surface area contributed by atoms with Gasteiger partial charge >= 0.3 is 6.18 Å². The Morgan fingerprint density at radius 3 is 2.45 bits per heavy atom. The molecule has 1 aliphatic carbocycles. The van der Waals surface area contributed by atoms with E-state index in [0.29, 0.717) is 28.9 Å². The van der Waals surface area contributed by atoms with E-state index in [-0.39, 0.29) is 18.0 Å². The first-order valence-electron chi connectivity index (χ1n) is 10.2. The van der Waals surface area contributed by atoms with Gasteiger partial charge in [-0.1, -0.05) is 32.0 Å². The number of benzene rings is 1. The van der Waals surface area contributed by atoms with Crippen LogP contribution in [0, 0.1) is 5.92 Å². The summed E-state index contributed by atoms with van der Waals surface area (Å²) in [7, 11) is 0. The van der Waals surface area contributed by atoms with Gasteiger partial charge in [0, 0.05) is 29.6 Å². The Labute approximate surface area is 169 Å². The zero-order valence-corrected chi connectivity index (χ0v) is 16.9. The first-order valence-corrected chi connectivity index (χ1v) is 10.2. The largest absolute Gasteiger partial charge is 0.433 e. The van der Waals surface area contributed by atoms with Crippen molar-refractivity contribution < 1.29 is 18.0 Å². The summed E-state index contributed by atoms with van der Waals surface area (Å²) in [6, 6.07) is 8.18. The zero-order valence-electron chi connectivity index (χ0n) is 16.9. The van der Waals surface area contributed by atoms with Crippen molar-refractivity contribution in [3.63, 3.8) is 0 Å². The van der Waals surface area contributed by atoms with Crippen molar-refractivity contribution in [3.8, 4) is 0 Å². The number of nitrogens with one attached hydrogen (secondary N) is 2. The molecule has 1 aromatic heterocycles. The van der Waals surface area contributed by atoms with Crippen molar-refractivity contribution in [2.24, 2.45) is 5.92 Å². The third kappa shape index (κ3) is 5.84. The number of aromatic nitrogens is 1. The maximum atomic E-state index is 13.2. The number of para-hydroxylation sites is 1. The fourth-order valence-electron chi connectivity index (χ4n) is 3.76. The summed E-state index contributed by atoms with van der Waals surface area (Å²) >= 11 is 0. The molecule has 4 nitrogen and oxygen atoms in total. The quantitative estimate of drug-likeness (QED) is 0.662. The summed E-state index contributed by atoms with van der Waals surface area (Å²) < 4.78 is 39.7. The van der Waals surface area contributed by atoms with Gasteiger partial charge in [-0.05, 0) is 50.2 Å². The summed E-state index contributed by atoms with van der Waals surface area (Å²) in [5, 5.41) is 7.07. The second-order valence-corrected chi connectivity index (χ2v) is 8.26. The lowest BCUT2D eigenvalue weighted by Crippen LogP contribution is -2.40. The van der Waals surface area contributed by atoms with Crippen LogP contribution in [-0.4, -0.2) is 23.0 Å². The van der Waals surface area contributed by atoms with Crippen LogP contribution in [0.5, 0.6) is 0 Å². The van der Waals surface area contributed by atoms with Crippen molar-refractivity contribution in [1.82, 2.24) is 10.3 Å². The molecule has 158 valence electrons. The van der Waals surface area contributed by atoms with Crippen LogP contribution >= 0.6 is 0 Å². The topological polar surface area (TPSA) is 54.0 Å². The highest BCUT2D eigenvalue weighted by Crippen LogP contribution is 2.34. The number of halogens is 3. The van der Waals surface area contributed by atoms with Crippen molar-refractivity contribution in [2.75, 3.05) is 5.32 Å². The normalized spacial score (nSPS) is 20.1. The number of hydrogen-bond acceptors (Lipinski definition) is 3. The number of pyridine rings is 1. The maximum absolute atomic E-state index is 13.2. The molecule has 2 N–H and O–H groups in total. The van der Waals surface area contributed by atoms with E-state index < -0.39 is 11.9 Å². The van der Waals surface area contributed by atoms with E-state index in [1.807, 2.05) is 0 Å². The third-order valence-corrected chi connectivity index (χ3v) is 5.41. The molecular formula is C22H28F3N3O. The molecule has 0 radical (unpaired) electrons. The van der Waals surface area contributed by atoms with Gasteiger partial charge < -0.3 is 10.6 Å². The maximum Gasteiger partial charge on any atom is 0.433 e. The molecule has 0 spiro atoms. The van der Waals surface area contributed by atoms with Gasteiger partial charge in [-0.3, -0.25) is 4.79 Å². The highest BCUT2D eigenvalue weighted by Gasteiger charge is 2.33. The summed E-state index contributed by atoms with van der Waals surface area (Å²) in [5.41, 5.74) is -0.0897. The molecular weight excluding hydrogens is 379 g/mol. The standard InChI is InChI=1S/C22H28F3N3O/c1-14(2)7-12-21(29)27-16-10-8-15(9-11-16)26-19-13-20(22(23,24)25)28-18-6-4-3-5-17(18)19/h3-6,13-16H,7-12H2,1-2H3,(H,26,28)(H,27,29). The Bertz CT molecular complexity index is 843. The van der Waals surface area contributed by atoms with E-state index in [0.717, 1.165) is 38.2 Å². The predicted octanol–water partition coefficient (Wildman–Crippen LogP) is 5.53. The molecule has 1 fully saturated rings. The molecule has 7 heteroatoms. The van der Waals surface area contributed by atoms with Gasteiger partial charge in [0.15, 0.2) is 0 Å². The first kappa shape index (κ1) is 21.4. The molecule has 1 aliphatic rings. The number of rotatable bonds is 6. The molecule has 3 rings (SSSR count). The van der Waals surface area contributed by atoms with Gasteiger partial charge in [0.05, 0.1) is 5.52 Å². The summed E-state index contributed by atoms with van der Waals surface area (Å²) in [6.45, 7) is 4.19. The SMILES string of the molecule is CC(C)CCC(=O)NC1CCC(Nc2cc(C(F)(F)F)nc3ccccc23)CC1. The lowest BCUT2D eigenvalue weighted by atomic mass is 9.90. The third-order valence-electron chi connectivity index (χ3n) is 5.41. The first-order chi connectivity index (χ1) is 13.7. The van der Waals surface area contributed by atoms with Gasteiger partial charge in [-0.2, -0.15) is 13.2 Å². The fraction of sp³-hybridized carbons (Fsp3) is 0.545. The van der Waals surface area contributed by atoms with Gasteiger partial charge in [0.2, 0.25) is 5.91 Å².